The van der Waals surface area contributed by atoms with Crippen LogP contribution in [0.2, 0.25) is 0 Å². The Hall–Kier alpha value is -1.66. The van der Waals surface area contributed by atoms with Crippen LogP contribution < -0.4 is 0 Å². The molecular weight excluding hydrogens is 290 g/mol. The number of rotatable bonds is 4. The molecule has 0 aromatic heterocycles. The molecule has 2 rings (SSSR count). The topological polar surface area (TPSA) is 74.7 Å². The van der Waals surface area contributed by atoms with Crippen LogP contribution >= 0.6 is 0 Å². The Morgan fingerprint density at radius 2 is 2.10 bits per heavy atom. The number of carboxylic acid groups (broad SMARTS) is 1. The summed E-state index contributed by atoms with van der Waals surface area (Å²) in [6.45, 7) is 4.36. The van der Waals surface area contributed by atoms with Crippen molar-refractivity contribution in [1.29, 1.82) is 0 Å². The van der Waals surface area contributed by atoms with Crippen molar-refractivity contribution < 1.29 is 18.3 Å². The van der Waals surface area contributed by atoms with Gasteiger partial charge in [-0.3, -0.25) is 0 Å². The van der Waals surface area contributed by atoms with Crippen molar-refractivity contribution in [2.75, 3.05) is 6.54 Å². The maximum atomic E-state index is 12.7. The van der Waals surface area contributed by atoms with E-state index in [2.05, 4.69) is 0 Å². The minimum atomic E-state index is -3.56. The van der Waals surface area contributed by atoms with Gasteiger partial charge in [-0.2, -0.15) is 4.31 Å². The molecule has 1 fully saturated rings. The monoisotopic (exact) mass is 309 g/mol. The molecule has 1 aromatic rings. The van der Waals surface area contributed by atoms with Gasteiger partial charge in [0.15, 0.2) is 0 Å². The molecule has 5 nitrogen and oxygen atoms in total. The van der Waals surface area contributed by atoms with Crippen LogP contribution in [0, 0.1) is 0 Å². The minimum absolute atomic E-state index is 0.199. The van der Waals surface area contributed by atoms with Crippen molar-refractivity contribution in [3.05, 3.63) is 35.9 Å². The summed E-state index contributed by atoms with van der Waals surface area (Å²) in [5.41, 5.74) is 0.168. The fraction of sp³-hybridized carbons (Fsp3) is 0.400. The molecule has 0 unspecified atom stereocenters. The summed E-state index contributed by atoms with van der Waals surface area (Å²) in [4.78, 5) is 10.7. The van der Waals surface area contributed by atoms with Gasteiger partial charge in [0.1, 0.15) is 0 Å². The molecule has 6 heteroatoms. The Balaban J connectivity index is 2.37. The SMILES string of the molecule is CC1(C)CCCN1S(=O)(=O)c1cccc(C=CC(=O)O)c1. The highest BCUT2D eigenvalue weighted by molar-refractivity contribution is 7.89. The van der Waals surface area contributed by atoms with Crippen LogP contribution in [-0.4, -0.2) is 35.9 Å². The Labute approximate surface area is 124 Å². The smallest absolute Gasteiger partial charge is 0.328 e. The van der Waals surface area contributed by atoms with E-state index in [4.69, 9.17) is 5.11 Å². The molecule has 0 amide bonds. The quantitative estimate of drug-likeness (QED) is 0.866. The average molecular weight is 309 g/mol. The molecule has 1 N–H and O–H groups in total. The molecule has 0 aliphatic carbocycles. The van der Waals surface area contributed by atoms with Gasteiger partial charge in [-0.15, -0.1) is 0 Å². The number of hydrogen-bond donors (Lipinski definition) is 1. The second kappa shape index (κ2) is 5.61. The summed E-state index contributed by atoms with van der Waals surface area (Å²) in [6.07, 6.45) is 4.07. The van der Waals surface area contributed by atoms with E-state index in [0.717, 1.165) is 18.9 Å². The van der Waals surface area contributed by atoms with Crippen molar-refractivity contribution in [3.63, 3.8) is 0 Å². The number of nitrogens with zero attached hydrogens (tertiary/aromatic N) is 1. The molecule has 0 saturated carbocycles. The Morgan fingerprint density at radius 1 is 1.38 bits per heavy atom. The third kappa shape index (κ3) is 3.33. The molecule has 1 heterocycles. The van der Waals surface area contributed by atoms with Crippen LogP contribution in [0.5, 0.6) is 0 Å². The van der Waals surface area contributed by atoms with Crippen LogP contribution in [0.15, 0.2) is 35.2 Å². The Morgan fingerprint density at radius 3 is 2.67 bits per heavy atom. The first kappa shape index (κ1) is 15.7. The first-order chi connectivity index (χ1) is 9.73. The Kier molecular flexibility index (Phi) is 4.20. The fourth-order valence-electron chi connectivity index (χ4n) is 2.60. The van der Waals surface area contributed by atoms with E-state index in [9.17, 15) is 13.2 Å². The number of sulfonamides is 1. The van der Waals surface area contributed by atoms with Crippen LogP contribution in [0.3, 0.4) is 0 Å². The van der Waals surface area contributed by atoms with Crippen molar-refractivity contribution in [3.8, 4) is 0 Å². The molecule has 0 atom stereocenters. The maximum Gasteiger partial charge on any atom is 0.328 e. The van der Waals surface area contributed by atoms with Crippen molar-refractivity contribution in [1.82, 2.24) is 4.31 Å². The molecule has 1 aromatic carbocycles. The second-order valence-corrected chi connectivity index (χ2v) is 7.60. The van der Waals surface area contributed by atoms with Gasteiger partial charge in [0.25, 0.3) is 0 Å². The van der Waals surface area contributed by atoms with Gasteiger partial charge in [0.05, 0.1) is 4.90 Å². The molecule has 114 valence electrons. The molecule has 1 aliphatic rings. The summed E-state index contributed by atoms with van der Waals surface area (Å²) in [6, 6.07) is 6.34. The zero-order chi connectivity index (χ0) is 15.7. The normalized spacial score (nSPS) is 19.1. The summed E-state index contributed by atoms with van der Waals surface area (Å²) >= 11 is 0. The number of carboxylic acids is 1. The molecule has 0 bridgehead atoms. The summed E-state index contributed by atoms with van der Waals surface area (Å²) < 4.78 is 27.0. The van der Waals surface area contributed by atoms with Gasteiger partial charge in [-0.1, -0.05) is 12.1 Å². The van der Waals surface area contributed by atoms with E-state index in [1.165, 1.54) is 16.4 Å². The standard InChI is InChI=1S/C15H19NO4S/c1-15(2)9-4-10-16(15)21(19,20)13-6-3-5-12(11-13)7-8-14(17)18/h3,5-8,11H,4,9-10H2,1-2H3,(H,17,18). The van der Waals surface area contributed by atoms with Gasteiger partial charge < -0.3 is 5.11 Å². The lowest BCUT2D eigenvalue weighted by molar-refractivity contribution is -0.131. The van der Waals surface area contributed by atoms with E-state index in [1.807, 2.05) is 13.8 Å². The second-order valence-electron chi connectivity index (χ2n) is 5.74. The molecule has 1 aliphatic heterocycles. The lowest BCUT2D eigenvalue weighted by Gasteiger charge is -2.30. The van der Waals surface area contributed by atoms with Crippen molar-refractivity contribution in [2.24, 2.45) is 0 Å². The highest BCUT2D eigenvalue weighted by Gasteiger charge is 2.40. The molecule has 21 heavy (non-hydrogen) atoms. The lowest BCUT2D eigenvalue weighted by atomic mass is 10.0. The number of aliphatic carboxylic acids is 1. The van der Waals surface area contributed by atoms with E-state index in [0.29, 0.717) is 12.1 Å². The largest absolute Gasteiger partial charge is 0.478 e. The van der Waals surface area contributed by atoms with Gasteiger partial charge >= 0.3 is 5.97 Å². The molecule has 1 saturated heterocycles. The van der Waals surface area contributed by atoms with Gasteiger partial charge in [0.2, 0.25) is 10.0 Å². The van der Waals surface area contributed by atoms with Crippen molar-refractivity contribution in [2.45, 2.75) is 37.1 Å². The zero-order valence-electron chi connectivity index (χ0n) is 12.1. The lowest BCUT2D eigenvalue weighted by Crippen LogP contribution is -2.42. The van der Waals surface area contributed by atoms with Gasteiger partial charge in [0, 0.05) is 18.2 Å². The maximum absolute atomic E-state index is 12.7. The molecular formula is C15H19NO4S. The van der Waals surface area contributed by atoms with Crippen LogP contribution in [0.1, 0.15) is 32.3 Å². The zero-order valence-corrected chi connectivity index (χ0v) is 12.9. The summed E-state index contributed by atoms with van der Waals surface area (Å²) in [5, 5.41) is 8.63. The first-order valence-electron chi connectivity index (χ1n) is 6.77. The van der Waals surface area contributed by atoms with E-state index in [1.54, 1.807) is 18.2 Å². The van der Waals surface area contributed by atoms with Gasteiger partial charge in [-0.25, -0.2) is 13.2 Å². The fourth-order valence-corrected chi connectivity index (χ4v) is 4.50. The summed E-state index contributed by atoms with van der Waals surface area (Å²) in [7, 11) is -3.56. The minimum Gasteiger partial charge on any atom is -0.478 e. The van der Waals surface area contributed by atoms with E-state index >= 15 is 0 Å². The van der Waals surface area contributed by atoms with E-state index in [-0.39, 0.29) is 10.4 Å². The third-order valence-corrected chi connectivity index (χ3v) is 5.80. The highest BCUT2D eigenvalue weighted by Crippen LogP contribution is 2.34. The van der Waals surface area contributed by atoms with E-state index < -0.39 is 16.0 Å². The molecule has 0 radical (unpaired) electrons. The van der Waals surface area contributed by atoms with Crippen molar-refractivity contribution >= 4 is 22.1 Å². The van der Waals surface area contributed by atoms with Gasteiger partial charge in [-0.05, 0) is 50.5 Å². The third-order valence-electron chi connectivity index (χ3n) is 3.69. The number of benzene rings is 1. The average Bonchev–Trinajstić information content (AvgIpc) is 2.77. The number of hydrogen-bond acceptors (Lipinski definition) is 3. The highest BCUT2D eigenvalue weighted by atomic mass is 32.2. The Bertz CT molecular complexity index is 677. The predicted molar refractivity (Wildman–Crippen MR) is 80.3 cm³/mol. The first-order valence-corrected chi connectivity index (χ1v) is 8.21. The predicted octanol–water partition coefficient (Wildman–Crippen LogP) is 2.35. The van der Waals surface area contributed by atoms with Crippen LogP contribution in [-0.2, 0) is 14.8 Å². The summed E-state index contributed by atoms with van der Waals surface area (Å²) in [5.74, 6) is -1.07. The van der Waals surface area contributed by atoms with Crippen LogP contribution in [0.4, 0.5) is 0 Å². The molecule has 0 spiro atoms. The number of carbonyl (C=O) groups is 1. The van der Waals surface area contributed by atoms with Crippen LogP contribution in [0.25, 0.3) is 6.08 Å².